The average molecular weight is 393 g/mol. The van der Waals surface area contributed by atoms with Gasteiger partial charge in [0.1, 0.15) is 0 Å². The van der Waals surface area contributed by atoms with Gasteiger partial charge >= 0.3 is 0 Å². The van der Waals surface area contributed by atoms with Gasteiger partial charge in [0.05, 0.1) is 0 Å². The van der Waals surface area contributed by atoms with Crippen LogP contribution in [0, 0.1) is 0 Å². The Labute approximate surface area is 125 Å². The molecule has 0 spiro atoms. The molecule has 1 fully saturated rings. The molecular weight excluding hydrogens is 379 g/mol. The molecule has 2 rings (SSSR count). The van der Waals surface area contributed by atoms with Crippen molar-refractivity contribution in [1.82, 2.24) is 5.32 Å². The molecule has 16 heavy (non-hydrogen) atoms. The molecule has 0 unspecified atom stereocenters. The van der Waals surface area contributed by atoms with Crippen LogP contribution in [-0.4, -0.2) is 26.2 Å². The second-order valence-corrected chi connectivity index (χ2v) is 5.20. The minimum atomic E-state index is 0. The average Bonchev–Trinajstić information content (AvgIpc) is 2.18. The van der Waals surface area contributed by atoms with Gasteiger partial charge in [-0.05, 0) is 18.2 Å². The molecular formula is C10H14Br2Cl2N2. The van der Waals surface area contributed by atoms with Crippen LogP contribution in [-0.2, 0) is 0 Å². The zero-order valence-electron chi connectivity index (χ0n) is 8.58. The van der Waals surface area contributed by atoms with Crippen molar-refractivity contribution in [1.29, 1.82) is 0 Å². The lowest BCUT2D eigenvalue weighted by molar-refractivity contribution is 0.589. The van der Waals surface area contributed by atoms with E-state index in [1.54, 1.807) is 0 Å². The van der Waals surface area contributed by atoms with Gasteiger partial charge in [-0.2, -0.15) is 0 Å². The summed E-state index contributed by atoms with van der Waals surface area (Å²) in [6.07, 6.45) is 0. The summed E-state index contributed by atoms with van der Waals surface area (Å²) in [7, 11) is 0. The quantitative estimate of drug-likeness (QED) is 0.787. The highest BCUT2D eigenvalue weighted by Crippen LogP contribution is 2.26. The largest absolute Gasteiger partial charge is 0.369 e. The predicted octanol–water partition coefficient (Wildman–Crippen LogP) is 3.46. The molecule has 0 aliphatic carbocycles. The van der Waals surface area contributed by atoms with Crippen LogP contribution in [0.1, 0.15) is 0 Å². The minimum absolute atomic E-state index is 0. The van der Waals surface area contributed by atoms with Crippen LogP contribution in [0.5, 0.6) is 0 Å². The highest BCUT2D eigenvalue weighted by atomic mass is 79.9. The first-order valence-corrected chi connectivity index (χ1v) is 6.26. The summed E-state index contributed by atoms with van der Waals surface area (Å²) in [6, 6.07) is 6.39. The van der Waals surface area contributed by atoms with Crippen molar-refractivity contribution in [3.8, 4) is 0 Å². The molecule has 0 amide bonds. The van der Waals surface area contributed by atoms with E-state index in [0.717, 1.165) is 35.1 Å². The van der Waals surface area contributed by atoms with Crippen LogP contribution >= 0.6 is 56.7 Å². The number of rotatable bonds is 1. The molecule has 0 radical (unpaired) electrons. The van der Waals surface area contributed by atoms with Gasteiger partial charge in [0.15, 0.2) is 0 Å². The van der Waals surface area contributed by atoms with Crippen LogP contribution in [0.25, 0.3) is 0 Å². The molecule has 1 aliphatic rings. The molecule has 1 N–H and O–H groups in total. The molecule has 1 saturated heterocycles. The molecule has 1 heterocycles. The van der Waals surface area contributed by atoms with Crippen LogP contribution in [0.15, 0.2) is 27.1 Å². The molecule has 0 saturated carbocycles. The highest BCUT2D eigenvalue weighted by molar-refractivity contribution is 9.11. The smallest absolute Gasteiger partial charge is 0.0389 e. The predicted molar refractivity (Wildman–Crippen MR) is 81.4 cm³/mol. The Morgan fingerprint density at radius 2 is 1.44 bits per heavy atom. The second-order valence-electron chi connectivity index (χ2n) is 3.36. The summed E-state index contributed by atoms with van der Waals surface area (Å²) < 4.78 is 2.25. The molecule has 6 heteroatoms. The minimum Gasteiger partial charge on any atom is -0.369 e. The molecule has 1 aliphatic heterocycles. The highest BCUT2D eigenvalue weighted by Gasteiger charge is 2.10. The maximum Gasteiger partial charge on any atom is 0.0389 e. The Kier molecular flexibility index (Phi) is 8.02. The second kappa shape index (κ2) is 7.77. The van der Waals surface area contributed by atoms with Crippen LogP contribution in [0.3, 0.4) is 0 Å². The molecule has 0 atom stereocenters. The third-order valence-electron chi connectivity index (χ3n) is 2.33. The summed E-state index contributed by atoms with van der Waals surface area (Å²) in [5.74, 6) is 0. The fraction of sp³-hybridized carbons (Fsp3) is 0.400. The Morgan fingerprint density at radius 1 is 0.938 bits per heavy atom. The number of hydrogen-bond donors (Lipinski definition) is 1. The fourth-order valence-electron chi connectivity index (χ4n) is 1.64. The van der Waals surface area contributed by atoms with Crippen molar-refractivity contribution in [3.63, 3.8) is 0 Å². The number of anilines is 1. The number of piperazine rings is 1. The first-order valence-electron chi connectivity index (χ1n) is 4.67. The van der Waals surface area contributed by atoms with Crippen LogP contribution in [0.2, 0.25) is 0 Å². The summed E-state index contributed by atoms with van der Waals surface area (Å²) in [5, 5.41) is 3.35. The Bertz CT molecular complexity index is 310. The monoisotopic (exact) mass is 390 g/mol. The van der Waals surface area contributed by atoms with E-state index in [4.69, 9.17) is 0 Å². The van der Waals surface area contributed by atoms with Crippen molar-refractivity contribution >= 4 is 62.4 Å². The normalized spacial score (nSPS) is 15.0. The van der Waals surface area contributed by atoms with Crippen molar-refractivity contribution < 1.29 is 0 Å². The summed E-state index contributed by atoms with van der Waals surface area (Å²) in [5.41, 5.74) is 1.28. The molecule has 2 nitrogen and oxygen atoms in total. The number of hydrogen-bond acceptors (Lipinski definition) is 2. The zero-order chi connectivity index (χ0) is 9.97. The van der Waals surface area contributed by atoms with E-state index in [0.29, 0.717) is 0 Å². The molecule has 0 aromatic heterocycles. The van der Waals surface area contributed by atoms with Gasteiger partial charge < -0.3 is 10.2 Å². The number of nitrogens with zero attached hydrogens (tertiary/aromatic N) is 1. The Morgan fingerprint density at radius 3 is 1.94 bits per heavy atom. The van der Waals surface area contributed by atoms with E-state index in [1.165, 1.54) is 5.69 Å². The van der Waals surface area contributed by atoms with Gasteiger partial charge in [-0.1, -0.05) is 31.9 Å². The van der Waals surface area contributed by atoms with E-state index in [9.17, 15) is 0 Å². The fourth-order valence-corrected chi connectivity index (χ4v) is 2.91. The Hall–Kier alpha value is 0.520. The van der Waals surface area contributed by atoms with Gasteiger partial charge in [0.2, 0.25) is 0 Å². The maximum absolute atomic E-state index is 3.51. The van der Waals surface area contributed by atoms with E-state index in [2.05, 4.69) is 60.3 Å². The molecule has 92 valence electrons. The standard InChI is InChI=1S/C10H12Br2N2.2ClH/c11-8-5-9(12)7-10(6-8)14-3-1-13-2-4-14;;/h5-7,13H,1-4H2;2*1H. The number of nitrogens with one attached hydrogen (secondary N) is 1. The number of halogens is 4. The van der Waals surface area contributed by atoms with Gasteiger partial charge in [-0.25, -0.2) is 0 Å². The first-order chi connectivity index (χ1) is 6.75. The van der Waals surface area contributed by atoms with Gasteiger partial charge in [-0.3, -0.25) is 0 Å². The lowest BCUT2D eigenvalue weighted by Gasteiger charge is -2.29. The molecule has 1 aromatic carbocycles. The number of benzene rings is 1. The van der Waals surface area contributed by atoms with Gasteiger partial charge in [-0.15, -0.1) is 24.8 Å². The van der Waals surface area contributed by atoms with Gasteiger partial charge in [0.25, 0.3) is 0 Å². The van der Waals surface area contributed by atoms with Crippen molar-refractivity contribution in [2.75, 3.05) is 31.1 Å². The first kappa shape index (κ1) is 16.5. The Balaban J connectivity index is 0.00000112. The van der Waals surface area contributed by atoms with Crippen molar-refractivity contribution in [2.45, 2.75) is 0 Å². The van der Waals surface area contributed by atoms with E-state index < -0.39 is 0 Å². The zero-order valence-corrected chi connectivity index (χ0v) is 13.4. The topological polar surface area (TPSA) is 15.3 Å². The maximum atomic E-state index is 3.51. The van der Waals surface area contributed by atoms with E-state index in [1.807, 2.05) is 0 Å². The van der Waals surface area contributed by atoms with Crippen molar-refractivity contribution in [2.24, 2.45) is 0 Å². The van der Waals surface area contributed by atoms with E-state index in [-0.39, 0.29) is 24.8 Å². The lowest BCUT2D eigenvalue weighted by atomic mass is 10.2. The summed E-state index contributed by atoms with van der Waals surface area (Å²) in [6.45, 7) is 4.32. The van der Waals surface area contributed by atoms with Crippen molar-refractivity contribution in [3.05, 3.63) is 27.1 Å². The lowest BCUT2D eigenvalue weighted by Crippen LogP contribution is -2.43. The van der Waals surface area contributed by atoms with Gasteiger partial charge in [0, 0.05) is 40.8 Å². The van der Waals surface area contributed by atoms with Crippen LogP contribution in [0.4, 0.5) is 5.69 Å². The SMILES string of the molecule is Brc1cc(Br)cc(N2CCNCC2)c1.Cl.Cl. The molecule has 1 aromatic rings. The third kappa shape index (κ3) is 4.41. The third-order valence-corrected chi connectivity index (χ3v) is 3.25. The summed E-state index contributed by atoms with van der Waals surface area (Å²) >= 11 is 7.01. The summed E-state index contributed by atoms with van der Waals surface area (Å²) in [4.78, 5) is 2.39. The van der Waals surface area contributed by atoms with Crippen LogP contribution < -0.4 is 10.2 Å². The van der Waals surface area contributed by atoms with E-state index >= 15 is 0 Å². The molecule has 0 bridgehead atoms.